The monoisotopic (exact) mass is 952 g/mol. The van der Waals surface area contributed by atoms with Gasteiger partial charge in [0.25, 0.3) is 0 Å². The molecule has 1 aliphatic carbocycles. The average molecular weight is 952 g/mol. The molecule has 0 unspecified atom stereocenters. The predicted molar refractivity (Wildman–Crippen MR) is 261 cm³/mol. The molecular weight excluding hydrogens is 870 g/mol. The Bertz CT molecular complexity index is 2010. The first-order chi connectivity index (χ1) is 32.6. The number of aliphatic carboxylic acids is 1. The van der Waals surface area contributed by atoms with E-state index < -0.39 is 18.2 Å². The van der Waals surface area contributed by atoms with E-state index in [4.69, 9.17) is 4.74 Å². The second-order valence-electron chi connectivity index (χ2n) is 21.3. The van der Waals surface area contributed by atoms with Gasteiger partial charge in [0.15, 0.2) is 0 Å². The number of quaternary nitrogens is 1. The van der Waals surface area contributed by atoms with E-state index in [1.54, 1.807) is 16.8 Å². The van der Waals surface area contributed by atoms with Crippen molar-refractivity contribution in [2.24, 2.45) is 17.8 Å². The maximum absolute atomic E-state index is 13.6. The van der Waals surface area contributed by atoms with Gasteiger partial charge in [-0.05, 0) is 124 Å². The Morgan fingerprint density at radius 2 is 1.49 bits per heavy atom. The summed E-state index contributed by atoms with van der Waals surface area (Å²) in [5, 5.41) is 21.6. The number of hydrogen-bond donors (Lipinski definition) is 2. The average Bonchev–Trinajstić information content (AvgIpc) is 4.02. The summed E-state index contributed by atoms with van der Waals surface area (Å²) >= 11 is 0. The normalized spacial score (nSPS) is 17.9. The lowest BCUT2D eigenvalue weighted by atomic mass is 9.81. The standard InChI is InChI=1S/C54H81F3N6O5/c1-40(53(65)66)52(43-23-24-43)44-25-22-41-26-28-48(67-50(41)37-44)42-30-33-61(34-31-42)38-45-36-47(27-29-49(45)68-54(55,56)57)62-39-46(59-60-62)20-18-16-14-12-10-8-6-5-7-9-11-13-15-17-19-21-51(64)58-32-35-63(2,3)4/h22,25,27,29,36-37,39-40,42-43,48,52H,5-21,23-24,26,28,30-35,38H2,1-4H3,(H-,58,64,65,66)/p+1/t40-,48+,52-/m0/s1. The molecule has 2 aromatic carbocycles. The zero-order chi connectivity index (χ0) is 48.5. The fraction of sp³-hybridized carbons (Fsp3) is 0.704. The molecule has 3 aromatic rings. The van der Waals surface area contributed by atoms with Gasteiger partial charge < -0.3 is 24.4 Å². The van der Waals surface area contributed by atoms with Crippen LogP contribution in [0.3, 0.4) is 0 Å². The van der Waals surface area contributed by atoms with Gasteiger partial charge in [0.05, 0.1) is 57.7 Å². The summed E-state index contributed by atoms with van der Waals surface area (Å²) < 4.78 is 54.4. The van der Waals surface area contributed by atoms with Crippen LogP contribution in [0, 0.1) is 17.8 Å². The van der Waals surface area contributed by atoms with Crippen molar-refractivity contribution in [3.05, 3.63) is 65.0 Å². The minimum Gasteiger partial charge on any atom is -0.490 e. The lowest BCUT2D eigenvalue weighted by molar-refractivity contribution is -0.869. The topological polar surface area (TPSA) is 119 Å². The lowest BCUT2D eigenvalue weighted by Crippen LogP contribution is -2.41. The van der Waals surface area contributed by atoms with Crippen LogP contribution in [0.25, 0.3) is 5.69 Å². The van der Waals surface area contributed by atoms with E-state index in [1.165, 1.54) is 76.7 Å². The molecule has 14 heteroatoms. The van der Waals surface area contributed by atoms with Crippen LogP contribution in [-0.4, -0.2) is 101 Å². The molecule has 378 valence electrons. The highest BCUT2D eigenvalue weighted by Crippen LogP contribution is 2.48. The van der Waals surface area contributed by atoms with Crippen LogP contribution in [0.5, 0.6) is 11.5 Å². The highest BCUT2D eigenvalue weighted by Gasteiger charge is 2.40. The number of ether oxygens (including phenoxy) is 2. The Morgan fingerprint density at radius 3 is 2.09 bits per heavy atom. The van der Waals surface area contributed by atoms with Crippen LogP contribution >= 0.6 is 0 Å². The third-order valence-electron chi connectivity index (χ3n) is 14.6. The number of nitrogens with one attached hydrogen (secondary N) is 1. The molecule has 3 aliphatic rings. The molecule has 11 nitrogen and oxygen atoms in total. The number of rotatable bonds is 30. The van der Waals surface area contributed by atoms with Crippen LogP contribution in [0.4, 0.5) is 13.2 Å². The molecule has 6 rings (SSSR count). The Kier molecular flexibility index (Phi) is 20.5. The van der Waals surface area contributed by atoms with Crippen molar-refractivity contribution in [1.29, 1.82) is 0 Å². The van der Waals surface area contributed by atoms with E-state index in [1.807, 2.05) is 13.1 Å². The Labute approximate surface area is 404 Å². The number of nitrogens with zero attached hydrogens (tertiary/aromatic N) is 5. The molecule has 0 radical (unpaired) electrons. The summed E-state index contributed by atoms with van der Waals surface area (Å²) in [5.41, 5.74) is 4.19. The highest BCUT2D eigenvalue weighted by molar-refractivity contribution is 5.75. The molecule has 1 amide bonds. The van der Waals surface area contributed by atoms with Crippen molar-refractivity contribution in [1.82, 2.24) is 25.2 Å². The number of carbonyl (C=O) groups excluding carboxylic acids is 1. The Balaban J connectivity index is 0.851. The van der Waals surface area contributed by atoms with Crippen LogP contribution in [0.15, 0.2) is 42.6 Å². The van der Waals surface area contributed by atoms with E-state index in [-0.39, 0.29) is 23.7 Å². The van der Waals surface area contributed by atoms with Crippen molar-refractivity contribution in [3.8, 4) is 17.2 Å². The number of likely N-dealkylation sites (tertiary alicyclic amines) is 1. The number of unbranched alkanes of at least 4 members (excludes halogenated alkanes) is 14. The SMILES string of the molecule is C[C@H](C(=O)O)[C@H](c1ccc2c(c1)O[C@@H](C1CCN(Cc3cc(-n4cc(CCCCCCCCCCCCCCCCCC(=O)NCC[N+](C)(C)C)nn4)ccc3OC(F)(F)F)CC1)CC2)C1CC1. The highest BCUT2D eigenvalue weighted by atomic mass is 19.4. The van der Waals surface area contributed by atoms with Crippen molar-refractivity contribution >= 4 is 11.9 Å². The molecule has 68 heavy (non-hydrogen) atoms. The molecule has 0 spiro atoms. The van der Waals surface area contributed by atoms with Gasteiger partial charge in [-0.25, -0.2) is 4.68 Å². The minimum atomic E-state index is -4.81. The van der Waals surface area contributed by atoms with E-state index in [0.717, 1.165) is 124 Å². The van der Waals surface area contributed by atoms with Crippen molar-refractivity contribution < 1.29 is 41.8 Å². The van der Waals surface area contributed by atoms with Crippen LogP contribution in [0.1, 0.15) is 170 Å². The van der Waals surface area contributed by atoms with Gasteiger partial charge in [-0.1, -0.05) is 108 Å². The number of alkyl halides is 3. The summed E-state index contributed by atoms with van der Waals surface area (Å²) in [7, 11) is 6.41. The van der Waals surface area contributed by atoms with E-state index in [2.05, 4.69) is 64.6 Å². The van der Waals surface area contributed by atoms with Crippen molar-refractivity contribution in [2.45, 2.75) is 180 Å². The molecule has 1 aromatic heterocycles. The summed E-state index contributed by atoms with van der Waals surface area (Å²) in [4.78, 5) is 26.1. The van der Waals surface area contributed by atoms with E-state index in [9.17, 15) is 27.9 Å². The number of aromatic nitrogens is 3. The first kappa shape index (κ1) is 53.2. The number of carboxylic acid groups (broad SMARTS) is 1. The Morgan fingerprint density at radius 1 is 0.853 bits per heavy atom. The number of hydrogen-bond acceptors (Lipinski definition) is 7. The summed E-state index contributed by atoms with van der Waals surface area (Å²) in [6.45, 7) is 5.28. The van der Waals surface area contributed by atoms with Gasteiger partial charge in [0, 0.05) is 18.5 Å². The number of piperidine rings is 1. The van der Waals surface area contributed by atoms with Gasteiger partial charge in [-0.3, -0.25) is 14.5 Å². The fourth-order valence-electron chi connectivity index (χ4n) is 10.4. The lowest BCUT2D eigenvalue weighted by Gasteiger charge is -2.38. The van der Waals surface area contributed by atoms with Gasteiger partial charge in [0.2, 0.25) is 5.91 Å². The van der Waals surface area contributed by atoms with Gasteiger partial charge in [-0.15, -0.1) is 18.3 Å². The summed E-state index contributed by atoms with van der Waals surface area (Å²) in [5.74, 6) is 0.347. The summed E-state index contributed by atoms with van der Waals surface area (Å²) in [6, 6.07) is 11.0. The van der Waals surface area contributed by atoms with E-state index >= 15 is 0 Å². The number of aryl methyl sites for hydroxylation is 2. The van der Waals surface area contributed by atoms with Gasteiger partial charge in [-0.2, -0.15) is 0 Å². The van der Waals surface area contributed by atoms with Crippen LogP contribution in [-0.2, 0) is 29.0 Å². The maximum atomic E-state index is 13.6. The van der Waals surface area contributed by atoms with Gasteiger partial charge >= 0.3 is 12.3 Å². The summed E-state index contributed by atoms with van der Waals surface area (Å²) in [6.07, 6.45) is 22.6. The number of likely N-dealkylation sites (N-methyl/N-ethyl adjacent to an activating group) is 1. The predicted octanol–water partition coefficient (Wildman–Crippen LogP) is 11.6. The van der Waals surface area contributed by atoms with Crippen molar-refractivity contribution in [2.75, 3.05) is 47.3 Å². The number of benzene rings is 2. The quantitative estimate of drug-likeness (QED) is 0.0501. The number of halogens is 3. The zero-order valence-electron chi connectivity index (χ0n) is 41.7. The molecule has 1 saturated heterocycles. The molecule has 3 heterocycles. The Hall–Kier alpha value is -4.17. The molecular formula is C54H82F3N6O5+. The maximum Gasteiger partial charge on any atom is 0.573 e. The first-order valence-electron chi connectivity index (χ1n) is 26.2. The second kappa shape index (κ2) is 26.2. The van der Waals surface area contributed by atoms with Crippen molar-refractivity contribution in [3.63, 3.8) is 0 Å². The number of carbonyl (C=O) groups is 2. The third-order valence-corrected chi connectivity index (χ3v) is 14.6. The smallest absolute Gasteiger partial charge is 0.490 e. The van der Waals surface area contributed by atoms with Crippen LogP contribution in [0.2, 0.25) is 0 Å². The molecule has 2 fully saturated rings. The first-order valence-corrected chi connectivity index (χ1v) is 26.2. The van der Waals surface area contributed by atoms with Gasteiger partial charge in [0.1, 0.15) is 17.6 Å². The second-order valence-corrected chi connectivity index (χ2v) is 21.3. The van der Waals surface area contributed by atoms with Crippen LogP contribution < -0.4 is 14.8 Å². The molecule has 2 aliphatic heterocycles. The number of carboxylic acids is 1. The third kappa shape index (κ3) is 18.0. The molecule has 0 bridgehead atoms. The molecule has 2 N–H and O–H groups in total. The largest absolute Gasteiger partial charge is 0.573 e. The number of fused-ring (bicyclic) bond motifs is 1. The zero-order valence-corrected chi connectivity index (χ0v) is 41.7. The minimum absolute atomic E-state index is 0.0160. The fourth-order valence-corrected chi connectivity index (χ4v) is 10.4. The molecule has 3 atom stereocenters. The van der Waals surface area contributed by atoms with E-state index in [0.29, 0.717) is 36.1 Å². The molecule has 1 saturated carbocycles. The number of amides is 1.